The van der Waals surface area contributed by atoms with Crippen molar-refractivity contribution < 1.29 is 14.3 Å². The fraction of sp³-hybridized carbons (Fsp3) is 0.158. The maximum absolute atomic E-state index is 10.4. The van der Waals surface area contributed by atoms with E-state index in [1.165, 1.54) is 0 Å². The van der Waals surface area contributed by atoms with E-state index in [1.807, 2.05) is 54.6 Å². The van der Waals surface area contributed by atoms with Crippen LogP contribution in [0.25, 0.3) is 0 Å². The Labute approximate surface area is 135 Å². The van der Waals surface area contributed by atoms with Gasteiger partial charge in [-0.1, -0.05) is 30.3 Å². The molecule has 1 aromatic heterocycles. The molecule has 0 saturated carbocycles. The van der Waals surface area contributed by atoms with E-state index in [0.29, 0.717) is 12.3 Å². The minimum atomic E-state index is -0.146. The first kappa shape index (κ1) is 15.2. The van der Waals surface area contributed by atoms with E-state index in [4.69, 9.17) is 9.15 Å². The zero-order chi connectivity index (χ0) is 16.1. The van der Waals surface area contributed by atoms with E-state index >= 15 is 0 Å². The lowest BCUT2D eigenvalue weighted by Gasteiger charge is -2.20. The average molecular weight is 309 g/mol. The zero-order valence-corrected chi connectivity index (χ0v) is 12.9. The Morgan fingerprint density at radius 2 is 1.91 bits per heavy atom. The SMILES string of the molecule is COc1ccc(C(NCc2ccco2)c2ccccc2)c(O)c1. The van der Waals surface area contributed by atoms with Crippen LogP contribution in [-0.2, 0) is 6.54 Å². The van der Waals surface area contributed by atoms with Gasteiger partial charge in [0.05, 0.1) is 26.0 Å². The van der Waals surface area contributed by atoms with Crippen molar-refractivity contribution in [3.8, 4) is 11.5 Å². The second-order valence-corrected chi connectivity index (χ2v) is 5.23. The number of nitrogens with one attached hydrogen (secondary N) is 1. The number of benzene rings is 2. The van der Waals surface area contributed by atoms with Gasteiger partial charge in [-0.25, -0.2) is 0 Å². The highest BCUT2D eigenvalue weighted by molar-refractivity contribution is 5.45. The van der Waals surface area contributed by atoms with Gasteiger partial charge in [-0.05, 0) is 29.8 Å². The van der Waals surface area contributed by atoms with Crippen LogP contribution in [0.1, 0.15) is 22.9 Å². The van der Waals surface area contributed by atoms with E-state index in [2.05, 4.69) is 5.32 Å². The van der Waals surface area contributed by atoms with E-state index < -0.39 is 0 Å². The van der Waals surface area contributed by atoms with Gasteiger partial charge < -0.3 is 14.3 Å². The van der Waals surface area contributed by atoms with Crippen LogP contribution in [0.15, 0.2) is 71.3 Å². The summed E-state index contributed by atoms with van der Waals surface area (Å²) in [4.78, 5) is 0. The molecule has 4 heteroatoms. The number of aromatic hydroxyl groups is 1. The van der Waals surface area contributed by atoms with Gasteiger partial charge in [-0.15, -0.1) is 0 Å². The fourth-order valence-electron chi connectivity index (χ4n) is 2.56. The maximum atomic E-state index is 10.4. The highest BCUT2D eigenvalue weighted by Crippen LogP contribution is 2.32. The molecule has 0 spiro atoms. The lowest BCUT2D eigenvalue weighted by Crippen LogP contribution is -2.22. The molecule has 0 aliphatic carbocycles. The molecule has 2 N–H and O–H groups in total. The van der Waals surface area contributed by atoms with Gasteiger partial charge >= 0.3 is 0 Å². The highest BCUT2D eigenvalue weighted by atomic mass is 16.5. The summed E-state index contributed by atoms with van der Waals surface area (Å²) in [6.45, 7) is 0.567. The van der Waals surface area contributed by atoms with Gasteiger partial charge in [0.2, 0.25) is 0 Å². The molecule has 0 amide bonds. The molecule has 3 aromatic rings. The van der Waals surface area contributed by atoms with Crippen LogP contribution < -0.4 is 10.1 Å². The number of phenols is 1. The third kappa shape index (κ3) is 3.55. The van der Waals surface area contributed by atoms with Crippen molar-refractivity contribution in [1.82, 2.24) is 5.32 Å². The highest BCUT2D eigenvalue weighted by Gasteiger charge is 2.18. The molecule has 1 heterocycles. The number of furan rings is 1. The third-order valence-corrected chi connectivity index (χ3v) is 3.74. The Hall–Kier alpha value is -2.72. The summed E-state index contributed by atoms with van der Waals surface area (Å²) in [7, 11) is 1.58. The van der Waals surface area contributed by atoms with Gasteiger partial charge in [-0.3, -0.25) is 5.32 Å². The van der Waals surface area contributed by atoms with Crippen molar-refractivity contribution in [2.45, 2.75) is 12.6 Å². The predicted molar refractivity (Wildman–Crippen MR) is 88.5 cm³/mol. The zero-order valence-electron chi connectivity index (χ0n) is 12.9. The van der Waals surface area contributed by atoms with Gasteiger partial charge in [-0.2, -0.15) is 0 Å². The Balaban J connectivity index is 1.91. The minimum absolute atomic E-state index is 0.146. The van der Waals surface area contributed by atoms with Crippen LogP contribution in [0, 0.1) is 0 Å². The van der Waals surface area contributed by atoms with E-state index in [9.17, 15) is 5.11 Å². The molecule has 4 nitrogen and oxygen atoms in total. The van der Waals surface area contributed by atoms with Crippen molar-refractivity contribution in [3.63, 3.8) is 0 Å². The molecule has 0 aliphatic rings. The number of hydrogen-bond donors (Lipinski definition) is 2. The van der Waals surface area contributed by atoms with Gasteiger partial charge in [0.25, 0.3) is 0 Å². The quantitative estimate of drug-likeness (QED) is 0.725. The molecular weight excluding hydrogens is 290 g/mol. The molecule has 0 bridgehead atoms. The molecule has 23 heavy (non-hydrogen) atoms. The van der Waals surface area contributed by atoms with Gasteiger partial charge in [0.15, 0.2) is 0 Å². The Morgan fingerprint density at radius 1 is 1.09 bits per heavy atom. The number of ether oxygens (including phenoxy) is 1. The molecule has 1 unspecified atom stereocenters. The Kier molecular flexibility index (Phi) is 4.64. The number of methoxy groups -OCH3 is 1. The first-order valence-corrected chi connectivity index (χ1v) is 7.45. The first-order valence-electron chi connectivity index (χ1n) is 7.45. The average Bonchev–Trinajstić information content (AvgIpc) is 3.10. The minimum Gasteiger partial charge on any atom is -0.507 e. The predicted octanol–water partition coefficient (Wildman–Crippen LogP) is 3.87. The van der Waals surface area contributed by atoms with Crippen LogP contribution in [0.4, 0.5) is 0 Å². The van der Waals surface area contributed by atoms with Crippen molar-refractivity contribution in [3.05, 3.63) is 83.8 Å². The number of rotatable bonds is 6. The lowest BCUT2D eigenvalue weighted by atomic mass is 9.97. The van der Waals surface area contributed by atoms with E-state index in [0.717, 1.165) is 16.9 Å². The molecule has 0 fully saturated rings. The largest absolute Gasteiger partial charge is 0.507 e. The van der Waals surface area contributed by atoms with Crippen LogP contribution in [0.2, 0.25) is 0 Å². The molecule has 118 valence electrons. The van der Waals surface area contributed by atoms with Gasteiger partial charge in [0.1, 0.15) is 17.3 Å². The Morgan fingerprint density at radius 3 is 2.57 bits per heavy atom. The summed E-state index contributed by atoms with van der Waals surface area (Å²) in [6.07, 6.45) is 1.65. The molecule has 0 saturated heterocycles. The lowest BCUT2D eigenvalue weighted by molar-refractivity contribution is 0.403. The normalized spacial score (nSPS) is 12.0. The second-order valence-electron chi connectivity index (χ2n) is 5.23. The van der Waals surface area contributed by atoms with E-state index in [-0.39, 0.29) is 11.8 Å². The summed E-state index contributed by atoms with van der Waals surface area (Å²) in [6, 6.07) is 19.0. The van der Waals surface area contributed by atoms with Crippen molar-refractivity contribution in [1.29, 1.82) is 0 Å². The number of phenolic OH excluding ortho intramolecular Hbond substituents is 1. The maximum Gasteiger partial charge on any atom is 0.124 e. The molecular formula is C19H19NO3. The monoisotopic (exact) mass is 309 g/mol. The molecule has 0 aliphatic heterocycles. The summed E-state index contributed by atoms with van der Waals surface area (Å²) in [5, 5.41) is 13.8. The van der Waals surface area contributed by atoms with E-state index in [1.54, 1.807) is 19.4 Å². The van der Waals surface area contributed by atoms with Crippen LogP contribution in [-0.4, -0.2) is 12.2 Å². The van der Waals surface area contributed by atoms with Crippen LogP contribution >= 0.6 is 0 Å². The van der Waals surface area contributed by atoms with Crippen LogP contribution in [0.3, 0.4) is 0 Å². The molecule has 1 atom stereocenters. The second kappa shape index (κ2) is 7.03. The molecule has 2 aromatic carbocycles. The smallest absolute Gasteiger partial charge is 0.124 e. The number of hydrogen-bond acceptors (Lipinski definition) is 4. The summed E-state index contributed by atoms with van der Waals surface area (Å²) in [5.41, 5.74) is 1.86. The summed E-state index contributed by atoms with van der Waals surface area (Å²) < 4.78 is 10.5. The van der Waals surface area contributed by atoms with Crippen molar-refractivity contribution in [2.75, 3.05) is 7.11 Å². The van der Waals surface area contributed by atoms with Crippen molar-refractivity contribution >= 4 is 0 Å². The molecule has 3 rings (SSSR count). The summed E-state index contributed by atoms with van der Waals surface area (Å²) >= 11 is 0. The van der Waals surface area contributed by atoms with Crippen LogP contribution in [0.5, 0.6) is 11.5 Å². The topological polar surface area (TPSA) is 54.6 Å². The first-order chi connectivity index (χ1) is 11.3. The summed E-state index contributed by atoms with van der Waals surface area (Å²) in [5.74, 6) is 1.67. The standard InChI is InChI=1S/C19H19NO3/c1-22-15-9-10-17(18(21)12-15)19(14-6-3-2-4-7-14)20-13-16-8-5-11-23-16/h2-12,19-21H,13H2,1H3. The third-order valence-electron chi connectivity index (χ3n) is 3.74. The molecule has 0 radical (unpaired) electrons. The van der Waals surface area contributed by atoms with Gasteiger partial charge in [0, 0.05) is 11.6 Å². The fourth-order valence-corrected chi connectivity index (χ4v) is 2.56. The Bertz CT molecular complexity index is 739. The van der Waals surface area contributed by atoms with Crippen molar-refractivity contribution in [2.24, 2.45) is 0 Å².